The van der Waals surface area contributed by atoms with Crippen molar-refractivity contribution in [2.24, 2.45) is 27.4 Å². The van der Waals surface area contributed by atoms with Crippen LogP contribution < -0.4 is 32.6 Å². The Morgan fingerprint density at radius 1 is 0.793 bits per heavy atom. The quantitative estimate of drug-likeness (QED) is 0.0210. The highest BCUT2D eigenvalue weighted by molar-refractivity contribution is 7.66. The first-order valence-corrected chi connectivity index (χ1v) is 30.4. The minimum atomic E-state index is -6.19. The van der Waals surface area contributed by atoms with Crippen LogP contribution in [0, 0.1) is 5.92 Å². The van der Waals surface area contributed by atoms with Gasteiger partial charge in [0.2, 0.25) is 24.2 Å². The summed E-state index contributed by atoms with van der Waals surface area (Å²) in [6, 6.07) is 0. The maximum atomic E-state index is 13.9. The van der Waals surface area contributed by atoms with Crippen LogP contribution in [0.4, 0.5) is 17.6 Å². The second-order valence-corrected chi connectivity index (χ2v) is 24.7. The molecule has 17 atom stereocenters. The van der Waals surface area contributed by atoms with E-state index in [1.165, 1.54) is 39.5 Å². The number of rotatable bonds is 24. The van der Waals surface area contributed by atoms with E-state index in [2.05, 4.69) is 50.4 Å². The monoisotopic (exact) mass is 1240 g/mol. The van der Waals surface area contributed by atoms with Crippen LogP contribution in [0.3, 0.4) is 0 Å². The van der Waals surface area contributed by atoms with E-state index in [1.54, 1.807) is 6.21 Å². The molecule has 4 aromatic heterocycles. The number of methoxy groups -OCH3 is 2. The number of nitrogens with two attached hydrogens (primary N) is 3. The van der Waals surface area contributed by atoms with Crippen LogP contribution in [-0.4, -0.2) is 175 Å². The molecule has 3 fully saturated rings. The van der Waals surface area contributed by atoms with Crippen molar-refractivity contribution in [1.29, 1.82) is 0 Å². The summed E-state index contributed by atoms with van der Waals surface area (Å²) in [6.07, 6.45) is -11.1. The highest BCUT2D eigenvalue weighted by Gasteiger charge is 2.55. The molecule has 38 nitrogen and oxygen atoms in total. The zero-order valence-electron chi connectivity index (χ0n) is 43.2. The van der Waals surface area contributed by atoms with Gasteiger partial charge < -0.3 is 86.2 Å². The number of aromatic amines is 1. The highest BCUT2D eigenvalue weighted by atomic mass is 31.3. The lowest BCUT2D eigenvalue weighted by atomic mass is 9.99. The maximum Gasteiger partial charge on any atom is 0.490 e. The number of anilines is 1. The normalized spacial score (nSPS) is 31.2. The maximum absolute atomic E-state index is 13.9. The van der Waals surface area contributed by atoms with Gasteiger partial charge in [-0.05, 0) is 12.0 Å². The molecule has 0 amide bonds. The van der Waals surface area contributed by atoms with Crippen LogP contribution in [0.1, 0.15) is 56.1 Å². The molecule has 5 unspecified atom stereocenters. The van der Waals surface area contributed by atoms with E-state index in [4.69, 9.17) is 59.0 Å². The highest BCUT2D eigenvalue weighted by Crippen LogP contribution is 2.68. The van der Waals surface area contributed by atoms with E-state index < -0.39 is 136 Å². The number of phosphoric ester groups is 3. The number of aromatic nitrogens is 8. The largest absolute Gasteiger partial charge is 0.490 e. The molecule has 0 bridgehead atoms. The number of aliphatic hydroxyl groups excluding tert-OH is 4. The molecule has 16 N–H and O–H groups in total. The second-order valence-electron chi connectivity index (χ2n) is 18.7. The summed E-state index contributed by atoms with van der Waals surface area (Å²) in [5, 5.41) is 46.6. The van der Waals surface area contributed by atoms with Crippen molar-refractivity contribution in [2.45, 2.75) is 100 Å². The van der Waals surface area contributed by atoms with Gasteiger partial charge in [0.15, 0.2) is 41.6 Å². The number of aliphatic imine (C=N–C) groups is 2. The zero-order valence-corrected chi connectivity index (χ0v) is 46.8. The van der Waals surface area contributed by atoms with E-state index >= 15 is 0 Å². The van der Waals surface area contributed by atoms with Gasteiger partial charge in [0.1, 0.15) is 55.0 Å². The summed E-state index contributed by atoms with van der Waals surface area (Å²) in [5.74, 6) is -1.35. The van der Waals surface area contributed by atoms with Crippen molar-refractivity contribution in [3.63, 3.8) is 0 Å². The molecule has 452 valence electrons. The Balaban J connectivity index is 0.884. The minimum absolute atomic E-state index is 0.0633. The lowest BCUT2D eigenvalue weighted by Crippen LogP contribution is -2.44. The first-order chi connectivity index (χ1) is 38.7. The van der Waals surface area contributed by atoms with Gasteiger partial charge >= 0.3 is 31.3 Å². The molecular weight excluding hydrogens is 1180 g/mol. The van der Waals surface area contributed by atoms with E-state index in [0.29, 0.717) is 12.8 Å². The molecule has 9 rings (SSSR count). The van der Waals surface area contributed by atoms with Gasteiger partial charge in [-0.1, -0.05) is 19.6 Å². The van der Waals surface area contributed by atoms with Crippen molar-refractivity contribution in [3.05, 3.63) is 59.0 Å². The van der Waals surface area contributed by atoms with Gasteiger partial charge in [0, 0.05) is 32.8 Å². The van der Waals surface area contributed by atoms with E-state index in [-0.39, 0.29) is 64.9 Å². The van der Waals surface area contributed by atoms with Crippen LogP contribution in [0.5, 0.6) is 0 Å². The number of fused-ring (bicyclic) bond motifs is 3. The van der Waals surface area contributed by atoms with Gasteiger partial charge in [-0.2, -0.15) is 23.2 Å². The summed E-state index contributed by atoms with van der Waals surface area (Å²) in [4.78, 5) is 78.8. The van der Waals surface area contributed by atoms with E-state index in [1.807, 2.05) is 6.92 Å². The molecular formula is C40H59N14O24P4+. The van der Waals surface area contributed by atoms with Crippen molar-refractivity contribution in [1.82, 2.24) is 39.0 Å². The van der Waals surface area contributed by atoms with Gasteiger partial charge in [0.25, 0.3) is 11.4 Å². The van der Waals surface area contributed by atoms with Crippen LogP contribution in [0.15, 0.2) is 52.0 Å². The molecule has 5 aliphatic heterocycles. The molecule has 4 aromatic rings. The lowest BCUT2D eigenvalue weighted by molar-refractivity contribution is -0.697. The van der Waals surface area contributed by atoms with Crippen molar-refractivity contribution in [2.75, 3.05) is 46.4 Å². The van der Waals surface area contributed by atoms with Crippen LogP contribution in [-0.2, 0) is 75.2 Å². The molecule has 0 spiro atoms. The number of phosphoric acid groups is 4. The number of aliphatic hydroxyl groups is 4. The summed E-state index contributed by atoms with van der Waals surface area (Å²) >= 11 is 0. The van der Waals surface area contributed by atoms with Gasteiger partial charge in [-0.25, -0.2) is 37.8 Å². The Labute approximate surface area is 461 Å². The Morgan fingerprint density at radius 3 is 2.10 bits per heavy atom. The molecule has 3 saturated heterocycles. The first kappa shape index (κ1) is 61.5. The molecule has 82 heavy (non-hydrogen) atoms. The Bertz CT molecular complexity index is 3410. The van der Waals surface area contributed by atoms with Gasteiger partial charge in [-0.15, -0.1) is 0 Å². The van der Waals surface area contributed by atoms with Gasteiger partial charge in [0.05, 0.1) is 50.9 Å². The minimum Gasteiger partial charge on any atom is -0.397 e. The lowest BCUT2D eigenvalue weighted by Gasteiger charge is -2.26. The third-order valence-electron chi connectivity index (χ3n) is 13.4. The third kappa shape index (κ3) is 12.7. The predicted molar refractivity (Wildman–Crippen MR) is 273 cm³/mol. The molecule has 0 radical (unpaired) electrons. The van der Waals surface area contributed by atoms with Crippen LogP contribution in [0.2, 0.25) is 0 Å². The van der Waals surface area contributed by atoms with E-state index in [9.17, 15) is 63.1 Å². The third-order valence-corrected chi connectivity index (χ3v) is 18.7. The second kappa shape index (κ2) is 24.1. The summed E-state index contributed by atoms with van der Waals surface area (Å²) in [7, 11) is -21.0. The number of allylic oxidation sites excluding steroid dienone is 2. The Hall–Kier alpha value is -5.05. The fourth-order valence-electron chi connectivity index (χ4n) is 9.72. The number of H-pyrrole nitrogens is 1. The topological polar surface area (TPSA) is 537 Å². The smallest absolute Gasteiger partial charge is 0.397 e. The summed E-state index contributed by atoms with van der Waals surface area (Å²) < 4.78 is 117. The Kier molecular flexibility index (Phi) is 18.1. The number of hydrogen-bond acceptors (Lipinski definition) is 29. The molecule has 9 heterocycles. The SMILES string of the molecule is C=CC[n+]1cn([C@@H]2O[C@H](COP(=O)(O)OP(=O)(O)OP(=O)(O)OC[C@H]3O[C@@H](n4cnc5c4N=CCC(CC)=C5N)[C@H](OC)[C@@H]3OP(=O)(O)OC[C@H]3O[C@@H](n4cnc5c(=O)[nH]c(N)nc54)[C@H](O)[C@@H]3O)[C@@H](COC)[C@H]2O)c2c1C(O)NC(N)=N2. The van der Waals surface area contributed by atoms with Crippen molar-refractivity contribution >= 4 is 77.9 Å². The predicted octanol–water partition coefficient (Wildman–Crippen LogP) is -1.78. The number of guanidine groups is 1. The Morgan fingerprint density at radius 2 is 1.43 bits per heavy atom. The summed E-state index contributed by atoms with van der Waals surface area (Å²) in [6.45, 7) is 2.31. The number of nitrogens with zero attached hydrogens (tertiary/aromatic N) is 9. The van der Waals surface area contributed by atoms with E-state index in [0.717, 1.165) is 23.6 Å². The number of nitrogens with one attached hydrogen (secondary N) is 2. The summed E-state index contributed by atoms with van der Waals surface area (Å²) in [5.41, 5.74) is 18.4. The number of hydrogen-bond donors (Lipinski definition) is 13. The standard InChI is InChI=1S/C40H58N14O24P4/c1-5-9-51-16-54(33-25(51)35(59)50-40(43)48-33)36-26(55)18(10-68-3)19(73-36)11-71-80(62,63)77-82(66,67)78-81(64,65)72-13-21-29(30(69-4)38(75-21)52-14-45-23-22(41)17(6-2)7-8-44-31(23)52)76-79(60,61)70-12-20-27(56)28(57)37(74-20)53-15-46-24-32(53)47-39(42)49-34(24)58/h5,8,14-16,18-21,26-30,35-38,55-57,59H,1,6-7,9-13,41H2,2-4H3,(H9-,42,43,47,48,49,50,58,60,61,62,63,64,65,66,67)/p+1/t18-,19-,20-,21-,26-,27-,28-,29-,30-,35?,36-,37-,38-/m1/s1. The fourth-order valence-corrected chi connectivity index (χ4v) is 14.2. The van der Waals surface area contributed by atoms with Gasteiger partial charge in [-0.3, -0.25) is 37.0 Å². The average molecular weight is 1240 g/mol. The number of imidazole rings is 3. The van der Waals surface area contributed by atoms with Crippen LogP contribution >= 0.6 is 31.3 Å². The zero-order chi connectivity index (χ0) is 59.4. The average Bonchev–Trinajstić information content (AvgIpc) is 4.32. The van der Waals surface area contributed by atoms with Crippen LogP contribution in [0.25, 0.3) is 16.9 Å². The molecule has 5 aliphatic rings. The molecule has 42 heteroatoms. The molecule has 0 saturated carbocycles. The molecule has 0 aromatic carbocycles. The number of ether oxygens (including phenoxy) is 5. The number of nitrogen functional groups attached to an aromatic ring is 1. The van der Waals surface area contributed by atoms with Crippen molar-refractivity contribution < 1.29 is 113 Å². The first-order valence-electron chi connectivity index (χ1n) is 24.4. The fraction of sp³-hybridized carbons (Fsp3) is 0.575. The van der Waals surface area contributed by atoms with Crippen molar-refractivity contribution in [3.8, 4) is 0 Å². The molecule has 0 aliphatic carbocycles.